The van der Waals surface area contributed by atoms with Crippen molar-refractivity contribution in [3.8, 4) is 0 Å². The van der Waals surface area contributed by atoms with E-state index in [0.29, 0.717) is 10.1 Å². The quantitative estimate of drug-likeness (QED) is 0.429. The molecule has 0 bridgehead atoms. The molecule has 1 fully saturated rings. The Bertz CT molecular complexity index is 967. The van der Waals surface area contributed by atoms with Crippen molar-refractivity contribution in [1.82, 2.24) is 10.2 Å². The van der Waals surface area contributed by atoms with Crippen LogP contribution in [-0.2, 0) is 0 Å². The lowest BCUT2D eigenvalue weighted by atomic mass is 9.92. The van der Waals surface area contributed by atoms with Crippen molar-refractivity contribution < 1.29 is 23.1 Å². The molecule has 3 rings (SSSR count). The van der Waals surface area contributed by atoms with E-state index in [0.717, 1.165) is 25.0 Å². The molecule has 1 amide bonds. The van der Waals surface area contributed by atoms with Gasteiger partial charge in [-0.15, -0.1) is 0 Å². The summed E-state index contributed by atoms with van der Waals surface area (Å²) in [4.78, 5) is 14.3. The molecule has 168 valence electrons. The van der Waals surface area contributed by atoms with Crippen LogP contribution in [0.5, 0.6) is 0 Å². The molecule has 5 nitrogen and oxygen atoms in total. The predicted molar refractivity (Wildman–Crippen MR) is 122 cm³/mol. The minimum atomic E-state index is -1.27. The molecule has 1 aliphatic rings. The van der Waals surface area contributed by atoms with E-state index in [1.807, 2.05) is 29.5 Å². The van der Waals surface area contributed by atoms with Gasteiger partial charge in [0.25, 0.3) is 5.91 Å². The van der Waals surface area contributed by atoms with E-state index in [1.54, 1.807) is 6.07 Å². The second-order valence-corrected chi connectivity index (χ2v) is 9.23. The topological polar surface area (TPSA) is 64.6 Å². The van der Waals surface area contributed by atoms with Crippen LogP contribution in [0.3, 0.4) is 0 Å². The normalized spacial score (nSPS) is 16.0. The van der Waals surface area contributed by atoms with E-state index in [9.17, 15) is 23.1 Å². The summed E-state index contributed by atoms with van der Waals surface area (Å²) in [6.45, 7) is 4.56. The SMILES string of the molecule is CCCC(C)NCC1(O)CN(C(=O)c2ccc(F)c(F)c2Nc2ccc(I)cc2F)C1. The Morgan fingerprint density at radius 2 is 1.94 bits per heavy atom. The van der Waals surface area contributed by atoms with Crippen LogP contribution in [0.2, 0.25) is 0 Å². The van der Waals surface area contributed by atoms with Gasteiger partial charge in [-0.3, -0.25) is 4.79 Å². The average Bonchev–Trinajstić information content (AvgIpc) is 2.69. The Morgan fingerprint density at radius 1 is 1.23 bits per heavy atom. The van der Waals surface area contributed by atoms with E-state index in [2.05, 4.69) is 17.6 Å². The van der Waals surface area contributed by atoms with Gasteiger partial charge in [-0.1, -0.05) is 13.3 Å². The second-order valence-electron chi connectivity index (χ2n) is 7.99. The zero-order valence-electron chi connectivity index (χ0n) is 17.3. The summed E-state index contributed by atoms with van der Waals surface area (Å²) < 4.78 is 43.3. The monoisotopic (exact) mass is 547 g/mol. The number of nitrogens with zero attached hydrogens (tertiary/aromatic N) is 1. The molecule has 1 heterocycles. The number of aliphatic hydroxyl groups is 1. The van der Waals surface area contributed by atoms with Crippen molar-refractivity contribution in [2.24, 2.45) is 0 Å². The second kappa shape index (κ2) is 9.74. The highest BCUT2D eigenvalue weighted by Crippen LogP contribution is 2.31. The summed E-state index contributed by atoms with van der Waals surface area (Å²) in [6, 6.07) is 6.49. The first-order valence-electron chi connectivity index (χ1n) is 10.1. The third-order valence-corrected chi connectivity index (χ3v) is 5.95. The molecule has 0 aromatic heterocycles. The number of likely N-dealkylation sites (tertiary alicyclic amines) is 1. The van der Waals surface area contributed by atoms with Crippen LogP contribution in [0.4, 0.5) is 24.5 Å². The molecule has 2 aromatic carbocycles. The van der Waals surface area contributed by atoms with Gasteiger partial charge >= 0.3 is 0 Å². The Balaban J connectivity index is 1.76. The number of nitrogens with one attached hydrogen (secondary N) is 2. The maximum atomic E-state index is 14.5. The minimum Gasteiger partial charge on any atom is -0.385 e. The summed E-state index contributed by atoms with van der Waals surface area (Å²) in [5, 5.41) is 16.4. The number of hydrogen-bond acceptors (Lipinski definition) is 4. The molecule has 1 aliphatic heterocycles. The molecule has 2 aromatic rings. The summed E-state index contributed by atoms with van der Waals surface area (Å²) in [6.07, 6.45) is 1.99. The van der Waals surface area contributed by atoms with E-state index in [4.69, 9.17) is 0 Å². The summed E-state index contributed by atoms with van der Waals surface area (Å²) in [7, 11) is 0. The number of amides is 1. The molecule has 0 radical (unpaired) electrons. The van der Waals surface area contributed by atoms with Gasteiger partial charge < -0.3 is 20.6 Å². The predicted octanol–water partition coefficient (Wildman–Crippen LogP) is 4.42. The molecule has 1 atom stereocenters. The highest BCUT2D eigenvalue weighted by Gasteiger charge is 2.44. The standard InChI is InChI=1S/C22H25F3IN3O2/c1-3-4-13(2)27-10-22(31)11-29(12-22)21(30)15-6-7-16(23)19(25)20(15)28-18-8-5-14(26)9-17(18)24/h5-9,13,27-28,31H,3-4,10-12H2,1-2H3. The molecule has 1 unspecified atom stereocenters. The number of halogens is 4. The van der Waals surface area contributed by atoms with Crippen molar-refractivity contribution in [3.05, 3.63) is 56.9 Å². The molecular weight excluding hydrogens is 522 g/mol. The molecule has 31 heavy (non-hydrogen) atoms. The first kappa shape index (κ1) is 23.8. The van der Waals surface area contributed by atoms with E-state index >= 15 is 0 Å². The summed E-state index contributed by atoms with van der Waals surface area (Å²) in [5.74, 6) is -3.65. The number of hydrogen-bond donors (Lipinski definition) is 3. The van der Waals surface area contributed by atoms with Crippen LogP contribution in [0, 0.1) is 21.0 Å². The van der Waals surface area contributed by atoms with Crippen molar-refractivity contribution in [2.75, 3.05) is 25.0 Å². The Hall–Kier alpha value is -1.85. The maximum absolute atomic E-state index is 14.5. The highest BCUT2D eigenvalue weighted by atomic mass is 127. The molecule has 1 saturated heterocycles. The van der Waals surface area contributed by atoms with Gasteiger partial charge in [-0.05, 0) is 66.3 Å². The third-order valence-electron chi connectivity index (χ3n) is 5.27. The van der Waals surface area contributed by atoms with Gasteiger partial charge in [-0.25, -0.2) is 13.2 Å². The molecule has 0 spiro atoms. The van der Waals surface area contributed by atoms with E-state index < -0.39 is 34.6 Å². The van der Waals surface area contributed by atoms with Crippen LogP contribution in [0.25, 0.3) is 0 Å². The zero-order valence-corrected chi connectivity index (χ0v) is 19.5. The fourth-order valence-corrected chi connectivity index (χ4v) is 4.02. The first-order chi connectivity index (χ1) is 14.6. The van der Waals surface area contributed by atoms with E-state index in [-0.39, 0.29) is 30.4 Å². The first-order valence-corrected chi connectivity index (χ1v) is 11.2. The Morgan fingerprint density at radius 3 is 2.58 bits per heavy atom. The van der Waals surface area contributed by atoms with Crippen LogP contribution in [0.15, 0.2) is 30.3 Å². The number of benzene rings is 2. The number of β-amino-alcohol motifs (C(OH)–C–C–N with tert-alkyl or cyclic N) is 1. The summed E-state index contributed by atoms with van der Waals surface area (Å²) in [5.41, 5.74) is -1.72. The maximum Gasteiger partial charge on any atom is 0.256 e. The van der Waals surface area contributed by atoms with Gasteiger partial charge in [0.1, 0.15) is 11.4 Å². The molecule has 3 N–H and O–H groups in total. The lowest BCUT2D eigenvalue weighted by molar-refractivity contribution is -0.0796. The number of carbonyl (C=O) groups is 1. The van der Waals surface area contributed by atoms with Gasteiger partial charge in [0.15, 0.2) is 11.6 Å². The molecule has 9 heteroatoms. The van der Waals surface area contributed by atoms with E-state index in [1.165, 1.54) is 17.0 Å². The van der Waals surface area contributed by atoms with Gasteiger partial charge in [0.2, 0.25) is 0 Å². The van der Waals surface area contributed by atoms with Crippen LogP contribution in [-0.4, -0.2) is 47.2 Å². The smallest absolute Gasteiger partial charge is 0.256 e. The van der Waals surface area contributed by atoms with Gasteiger partial charge in [0.05, 0.1) is 30.0 Å². The lowest BCUT2D eigenvalue weighted by Gasteiger charge is -2.47. The summed E-state index contributed by atoms with van der Waals surface area (Å²) >= 11 is 1.93. The molecule has 0 saturated carbocycles. The fourth-order valence-electron chi connectivity index (χ4n) is 3.57. The van der Waals surface area contributed by atoms with Crippen molar-refractivity contribution in [3.63, 3.8) is 0 Å². The highest BCUT2D eigenvalue weighted by molar-refractivity contribution is 14.1. The number of anilines is 2. The minimum absolute atomic E-state index is 0.0635. The van der Waals surface area contributed by atoms with Crippen LogP contribution < -0.4 is 10.6 Å². The molecule has 0 aliphatic carbocycles. The number of carbonyl (C=O) groups excluding carboxylic acids is 1. The Labute approximate surface area is 193 Å². The van der Waals surface area contributed by atoms with Crippen molar-refractivity contribution >= 4 is 39.9 Å². The van der Waals surface area contributed by atoms with Gasteiger partial charge in [0, 0.05) is 16.2 Å². The van der Waals surface area contributed by atoms with Gasteiger partial charge in [-0.2, -0.15) is 0 Å². The lowest BCUT2D eigenvalue weighted by Crippen LogP contribution is -2.67. The van der Waals surface area contributed by atoms with Crippen molar-refractivity contribution in [1.29, 1.82) is 0 Å². The van der Waals surface area contributed by atoms with Crippen molar-refractivity contribution in [2.45, 2.75) is 38.3 Å². The Kier molecular flexibility index (Phi) is 7.48. The zero-order chi connectivity index (χ0) is 22.8. The largest absolute Gasteiger partial charge is 0.385 e. The number of rotatable bonds is 8. The van der Waals surface area contributed by atoms with Crippen LogP contribution >= 0.6 is 22.6 Å². The van der Waals surface area contributed by atoms with Crippen LogP contribution in [0.1, 0.15) is 37.0 Å². The molecular formula is C22H25F3IN3O2. The average molecular weight is 547 g/mol. The fraction of sp³-hybridized carbons (Fsp3) is 0.409. The third kappa shape index (κ3) is 5.50.